The molecule has 1 atom stereocenters. The van der Waals surface area contributed by atoms with Crippen LogP contribution in [0, 0.1) is 0 Å². The van der Waals surface area contributed by atoms with Crippen molar-refractivity contribution in [3.8, 4) is 0 Å². The summed E-state index contributed by atoms with van der Waals surface area (Å²) in [4.78, 5) is 10.7. The fraction of sp³-hybridized carbons (Fsp3) is 0.857. The molecule has 0 radical (unpaired) electrons. The average molecular weight is 182 g/mol. The molecular weight excluding hydrogens is 173 g/mol. The molecule has 1 fully saturated rings. The molecule has 1 saturated carbocycles. The van der Waals surface area contributed by atoms with E-state index in [4.69, 9.17) is 0 Å². The van der Waals surface area contributed by atoms with Gasteiger partial charge >= 0.3 is 6.36 Å². The first-order valence-corrected chi connectivity index (χ1v) is 3.73. The summed E-state index contributed by atoms with van der Waals surface area (Å²) in [7, 11) is 0. The Morgan fingerprint density at radius 1 is 1.42 bits per heavy atom. The molecule has 1 unspecified atom stereocenters. The lowest BCUT2D eigenvalue weighted by molar-refractivity contribution is -0.343. The standard InChI is InChI=1S/C7H9F3O2/c8-7(9,10)12-6-3-1-2-5(11)4-6/h6H,1-4H2. The Hall–Kier alpha value is -0.580. The van der Waals surface area contributed by atoms with E-state index in [1.54, 1.807) is 0 Å². The van der Waals surface area contributed by atoms with Gasteiger partial charge in [-0.05, 0) is 12.8 Å². The summed E-state index contributed by atoms with van der Waals surface area (Å²) in [5.41, 5.74) is 0. The summed E-state index contributed by atoms with van der Waals surface area (Å²) in [5.74, 6) is -0.143. The van der Waals surface area contributed by atoms with Crippen molar-refractivity contribution in [2.45, 2.75) is 38.1 Å². The van der Waals surface area contributed by atoms with Crippen molar-refractivity contribution in [2.24, 2.45) is 0 Å². The lowest BCUT2D eigenvalue weighted by Gasteiger charge is -2.21. The zero-order valence-electron chi connectivity index (χ0n) is 6.36. The summed E-state index contributed by atoms with van der Waals surface area (Å²) in [6, 6.07) is 0. The number of ether oxygens (including phenoxy) is 1. The smallest absolute Gasteiger partial charge is 0.300 e. The molecule has 1 rings (SSSR count). The number of ketones is 1. The van der Waals surface area contributed by atoms with Crippen LogP contribution in [0.25, 0.3) is 0 Å². The largest absolute Gasteiger partial charge is 0.522 e. The molecule has 5 heteroatoms. The molecule has 0 amide bonds. The van der Waals surface area contributed by atoms with Crippen LogP contribution in [0.15, 0.2) is 0 Å². The Labute approximate surface area is 67.7 Å². The van der Waals surface area contributed by atoms with E-state index in [2.05, 4.69) is 4.74 Å². The summed E-state index contributed by atoms with van der Waals surface area (Å²) in [6.07, 6.45) is -4.45. The SMILES string of the molecule is O=C1CCCC(OC(F)(F)F)C1. The summed E-state index contributed by atoms with van der Waals surface area (Å²) >= 11 is 0. The Balaban J connectivity index is 2.37. The lowest BCUT2D eigenvalue weighted by Crippen LogP contribution is -2.29. The minimum absolute atomic E-state index is 0.0977. The van der Waals surface area contributed by atoms with Gasteiger partial charge in [0.1, 0.15) is 5.78 Å². The van der Waals surface area contributed by atoms with Crippen molar-refractivity contribution in [3.63, 3.8) is 0 Å². The number of carbonyl (C=O) groups excluding carboxylic acids is 1. The van der Waals surface area contributed by atoms with Crippen LogP contribution in [0.2, 0.25) is 0 Å². The quantitative estimate of drug-likeness (QED) is 0.620. The first-order valence-electron chi connectivity index (χ1n) is 3.73. The number of rotatable bonds is 1. The zero-order chi connectivity index (χ0) is 9.19. The summed E-state index contributed by atoms with van der Waals surface area (Å²) in [5, 5.41) is 0. The number of alkyl halides is 3. The van der Waals surface area contributed by atoms with Gasteiger partial charge in [0.2, 0.25) is 0 Å². The zero-order valence-corrected chi connectivity index (χ0v) is 6.36. The Morgan fingerprint density at radius 3 is 2.58 bits per heavy atom. The van der Waals surface area contributed by atoms with Gasteiger partial charge in [0.15, 0.2) is 0 Å². The van der Waals surface area contributed by atoms with Crippen LogP contribution in [0.3, 0.4) is 0 Å². The van der Waals surface area contributed by atoms with Gasteiger partial charge in [-0.15, -0.1) is 13.2 Å². The van der Waals surface area contributed by atoms with E-state index in [1.807, 2.05) is 0 Å². The fourth-order valence-corrected chi connectivity index (χ4v) is 1.27. The third-order valence-electron chi connectivity index (χ3n) is 1.74. The molecule has 2 nitrogen and oxygen atoms in total. The first-order chi connectivity index (χ1) is 5.47. The number of hydrogen-bond donors (Lipinski definition) is 0. The van der Waals surface area contributed by atoms with Gasteiger partial charge in [0.25, 0.3) is 0 Å². The third kappa shape index (κ3) is 3.21. The molecule has 0 aromatic carbocycles. The van der Waals surface area contributed by atoms with Crippen molar-refractivity contribution in [3.05, 3.63) is 0 Å². The molecule has 1 aliphatic rings. The average Bonchev–Trinajstić information content (AvgIpc) is 1.82. The molecule has 0 aliphatic heterocycles. The predicted octanol–water partition coefficient (Wildman–Crippen LogP) is 2.03. The van der Waals surface area contributed by atoms with Crippen LogP contribution in [-0.4, -0.2) is 18.2 Å². The normalized spacial score (nSPS) is 25.9. The minimum Gasteiger partial charge on any atom is -0.300 e. The Kier molecular flexibility index (Phi) is 2.72. The van der Waals surface area contributed by atoms with Crippen LogP contribution < -0.4 is 0 Å². The highest BCUT2D eigenvalue weighted by Gasteiger charge is 2.35. The van der Waals surface area contributed by atoms with Crippen LogP contribution in [-0.2, 0) is 9.53 Å². The molecule has 1 aliphatic carbocycles. The highest BCUT2D eigenvalue weighted by atomic mass is 19.4. The van der Waals surface area contributed by atoms with E-state index in [0.717, 1.165) is 0 Å². The molecule has 0 bridgehead atoms. The highest BCUT2D eigenvalue weighted by Crippen LogP contribution is 2.26. The van der Waals surface area contributed by atoms with Gasteiger partial charge in [-0.3, -0.25) is 9.53 Å². The second-order valence-corrected chi connectivity index (χ2v) is 2.82. The minimum atomic E-state index is -4.61. The van der Waals surface area contributed by atoms with Crippen molar-refractivity contribution < 1.29 is 22.7 Å². The Bertz CT molecular complexity index is 176. The van der Waals surface area contributed by atoms with E-state index < -0.39 is 12.5 Å². The van der Waals surface area contributed by atoms with Crippen molar-refractivity contribution in [2.75, 3.05) is 0 Å². The fourth-order valence-electron chi connectivity index (χ4n) is 1.27. The summed E-state index contributed by atoms with van der Waals surface area (Å²) < 4.78 is 38.6. The third-order valence-corrected chi connectivity index (χ3v) is 1.74. The van der Waals surface area contributed by atoms with E-state index in [-0.39, 0.29) is 12.2 Å². The van der Waals surface area contributed by atoms with Crippen molar-refractivity contribution in [1.29, 1.82) is 0 Å². The van der Waals surface area contributed by atoms with Crippen molar-refractivity contribution in [1.82, 2.24) is 0 Å². The number of carbonyl (C=O) groups is 1. The number of hydrogen-bond acceptors (Lipinski definition) is 2. The predicted molar refractivity (Wildman–Crippen MR) is 34.4 cm³/mol. The monoisotopic (exact) mass is 182 g/mol. The van der Waals surface area contributed by atoms with E-state index in [9.17, 15) is 18.0 Å². The van der Waals surface area contributed by atoms with E-state index >= 15 is 0 Å². The highest BCUT2D eigenvalue weighted by molar-refractivity contribution is 5.79. The maximum Gasteiger partial charge on any atom is 0.522 e. The van der Waals surface area contributed by atoms with Gasteiger partial charge < -0.3 is 0 Å². The van der Waals surface area contributed by atoms with Gasteiger partial charge in [0.05, 0.1) is 6.10 Å². The Morgan fingerprint density at radius 2 is 2.08 bits per heavy atom. The molecular formula is C7H9F3O2. The second kappa shape index (κ2) is 3.43. The van der Waals surface area contributed by atoms with E-state index in [1.165, 1.54) is 0 Å². The number of halogens is 3. The summed E-state index contributed by atoms with van der Waals surface area (Å²) in [6.45, 7) is 0. The van der Waals surface area contributed by atoms with E-state index in [0.29, 0.717) is 19.3 Å². The molecule has 0 heterocycles. The molecule has 0 aromatic heterocycles. The van der Waals surface area contributed by atoms with Gasteiger partial charge in [0, 0.05) is 12.8 Å². The topological polar surface area (TPSA) is 26.3 Å². The molecule has 12 heavy (non-hydrogen) atoms. The number of Topliss-reactive ketones (excluding diaryl/α,β-unsaturated/α-hetero) is 1. The second-order valence-electron chi connectivity index (χ2n) is 2.82. The van der Waals surface area contributed by atoms with Gasteiger partial charge in [-0.25, -0.2) is 0 Å². The van der Waals surface area contributed by atoms with Crippen LogP contribution in [0.1, 0.15) is 25.7 Å². The van der Waals surface area contributed by atoms with Gasteiger partial charge in [-0.2, -0.15) is 0 Å². The molecule has 0 aromatic rings. The molecule has 0 N–H and O–H groups in total. The van der Waals surface area contributed by atoms with Crippen LogP contribution in [0.4, 0.5) is 13.2 Å². The van der Waals surface area contributed by atoms with Crippen molar-refractivity contribution >= 4 is 5.78 Å². The maximum atomic E-state index is 11.6. The van der Waals surface area contributed by atoms with Crippen LogP contribution >= 0.6 is 0 Å². The molecule has 0 spiro atoms. The maximum absolute atomic E-state index is 11.6. The first kappa shape index (κ1) is 9.51. The molecule has 70 valence electrons. The lowest BCUT2D eigenvalue weighted by atomic mass is 9.97. The van der Waals surface area contributed by atoms with Crippen LogP contribution in [0.5, 0.6) is 0 Å². The molecule has 0 saturated heterocycles. The van der Waals surface area contributed by atoms with Gasteiger partial charge in [-0.1, -0.05) is 0 Å².